The lowest BCUT2D eigenvalue weighted by Gasteiger charge is -2.06. The summed E-state index contributed by atoms with van der Waals surface area (Å²) < 4.78 is 0. The normalized spacial score (nSPS) is 9.62. The molecule has 0 unspecified atom stereocenters. The third kappa shape index (κ3) is 2.78. The fourth-order valence-corrected chi connectivity index (χ4v) is 1.22. The minimum Gasteiger partial charge on any atom is -0.481 e. The second-order valence-electron chi connectivity index (χ2n) is 2.80. The first-order chi connectivity index (χ1) is 6.24. The van der Waals surface area contributed by atoms with Gasteiger partial charge in [-0.3, -0.25) is 4.79 Å². The Morgan fingerprint density at radius 2 is 2.15 bits per heavy atom. The number of carbonyl (C=O) groups is 1. The summed E-state index contributed by atoms with van der Waals surface area (Å²) in [6.07, 6.45) is 0.755. The molecule has 1 rings (SSSR count). The van der Waals surface area contributed by atoms with E-state index < -0.39 is 5.97 Å². The van der Waals surface area contributed by atoms with E-state index in [2.05, 4.69) is 5.32 Å². The summed E-state index contributed by atoms with van der Waals surface area (Å²) in [5.74, 6) is -0.758. The van der Waals surface area contributed by atoms with Crippen LogP contribution in [0.3, 0.4) is 0 Å². The molecule has 0 saturated carbocycles. The highest BCUT2D eigenvalue weighted by molar-refractivity contribution is 5.67. The number of anilines is 1. The molecule has 0 aliphatic rings. The Balaban J connectivity index is 2.69. The topological polar surface area (TPSA) is 49.3 Å². The van der Waals surface area contributed by atoms with E-state index in [0.29, 0.717) is 6.42 Å². The van der Waals surface area contributed by atoms with E-state index in [1.807, 2.05) is 31.3 Å². The Morgan fingerprint density at radius 3 is 2.77 bits per heavy atom. The van der Waals surface area contributed by atoms with Crippen LogP contribution in [0.5, 0.6) is 0 Å². The Hall–Kier alpha value is -1.51. The average Bonchev–Trinajstić information content (AvgIpc) is 2.15. The molecule has 3 heteroatoms. The zero-order valence-electron chi connectivity index (χ0n) is 7.58. The zero-order valence-corrected chi connectivity index (χ0v) is 7.58. The van der Waals surface area contributed by atoms with Gasteiger partial charge in [0.1, 0.15) is 0 Å². The summed E-state index contributed by atoms with van der Waals surface area (Å²) >= 11 is 0. The molecule has 0 amide bonds. The van der Waals surface area contributed by atoms with Crippen LogP contribution < -0.4 is 5.32 Å². The molecule has 0 atom stereocenters. The van der Waals surface area contributed by atoms with Crippen molar-refractivity contribution < 1.29 is 9.90 Å². The maximum Gasteiger partial charge on any atom is 0.303 e. The molecule has 0 bridgehead atoms. The predicted molar refractivity (Wildman–Crippen MR) is 51.9 cm³/mol. The Bertz CT molecular complexity index is 297. The molecule has 0 fully saturated rings. The van der Waals surface area contributed by atoms with E-state index >= 15 is 0 Å². The number of benzene rings is 1. The van der Waals surface area contributed by atoms with Crippen molar-refractivity contribution in [2.75, 3.05) is 12.4 Å². The summed E-state index contributed by atoms with van der Waals surface area (Å²) in [6, 6.07) is 7.72. The van der Waals surface area contributed by atoms with Gasteiger partial charge in [0.2, 0.25) is 0 Å². The van der Waals surface area contributed by atoms with Crippen molar-refractivity contribution in [2.24, 2.45) is 0 Å². The second kappa shape index (κ2) is 4.50. The number of hydrogen-bond acceptors (Lipinski definition) is 2. The number of aliphatic carboxylic acids is 1. The third-order valence-corrected chi connectivity index (χ3v) is 1.89. The number of rotatable bonds is 4. The molecule has 0 aromatic heterocycles. The fourth-order valence-electron chi connectivity index (χ4n) is 1.22. The lowest BCUT2D eigenvalue weighted by molar-refractivity contribution is -0.136. The molecule has 1 aromatic rings. The monoisotopic (exact) mass is 179 g/mol. The van der Waals surface area contributed by atoms with Gasteiger partial charge in [0, 0.05) is 19.2 Å². The molecule has 2 N–H and O–H groups in total. The van der Waals surface area contributed by atoms with Crippen LogP contribution >= 0.6 is 0 Å². The molecule has 0 aliphatic carbocycles. The van der Waals surface area contributed by atoms with Crippen molar-refractivity contribution in [3.8, 4) is 0 Å². The van der Waals surface area contributed by atoms with Gasteiger partial charge in [-0.1, -0.05) is 18.2 Å². The molecule has 1 aromatic carbocycles. The number of nitrogens with one attached hydrogen (secondary N) is 1. The first-order valence-corrected chi connectivity index (χ1v) is 4.21. The van der Waals surface area contributed by atoms with Crippen LogP contribution in [0.15, 0.2) is 24.3 Å². The molecule has 0 radical (unpaired) electrons. The highest BCUT2D eigenvalue weighted by atomic mass is 16.4. The average molecular weight is 179 g/mol. The van der Waals surface area contributed by atoms with Crippen molar-refractivity contribution >= 4 is 11.7 Å². The molecule has 0 aliphatic heterocycles. The van der Waals surface area contributed by atoms with Gasteiger partial charge < -0.3 is 10.4 Å². The van der Waals surface area contributed by atoms with Gasteiger partial charge in [-0.2, -0.15) is 0 Å². The smallest absolute Gasteiger partial charge is 0.303 e. The van der Waals surface area contributed by atoms with Gasteiger partial charge in [0.05, 0.1) is 0 Å². The minimum absolute atomic E-state index is 0.179. The van der Waals surface area contributed by atoms with E-state index in [1.165, 1.54) is 0 Å². The molecule has 0 saturated heterocycles. The van der Waals surface area contributed by atoms with Gasteiger partial charge in [0.25, 0.3) is 0 Å². The fraction of sp³-hybridized carbons (Fsp3) is 0.300. The minimum atomic E-state index is -0.758. The Labute approximate surface area is 77.4 Å². The first kappa shape index (κ1) is 9.58. The maximum atomic E-state index is 10.4. The Kier molecular flexibility index (Phi) is 3.31. The molecule has 0 spiro atoms. The maximum absolute atomic E-state index is 10.4. The molecular weight excluding hydrogens is 166 g/mol. The summed E-state index contributed by atoms with van der Waals surface area (Å²) in [6.45, 7) is 0. The van der Waals surface area contributed by atoms with Crippen molar-refractivity contribution in [2.45, 2.75) is 12.8 Å². The molecule has 0 heterocycles. The summed E-state index contributed by atoms with van der Waals surface area (Å²) in [5.41, 5.74) is 2.05. The van der Waals surface area contributed by atoms with E-state index in [9.17, 15) is 4.79 Å². The van der Waals surface area contributed by atoms with Gasteiger partial charge >= 0.3 is 5.97 Å². The molecule has 70 valence electrons. The lowest BCUT2D eigenvalue weighted by Crippen LogP contribution is -2.00. The molecule has 3 nitrogen and oxygen atoms in total. The van der Waals surface area contributed by atoms with Gasteiger partial charge in [-0.15, -0.1) is 0 Å². The van der Waals surface area contributed by atoms with E-state index in [-0.39, 0.29) is 6.42 Å². The quantitative estimate of drug-likeness (QED) is 0.740. The second-order valence-corrected chi connectivity index (χ2v) is 2.80. The lowest BCUT2D eigenvalue weighted by atomic mass is 10.1. The SMILES string of the molecule is CNc1ccccc1CCC(=O)O. The van der Waals surface area contributed by atoms with E-state index in [1.54, 1.807) is 0 Å². The van der Waals surface area contributed by atoms with Crippen LogP contribution in [0.2, 0.25) is 0 Å². The predicted octanol–water partition coefficient (Wildman–Crippen LogP) is 1.75. The summed E-state index contributed by atoms with van der Waals surface area (Å²) in [4.78, 5) is 10.4. The Morgan fingerprint density at radius 1 is 1.46 bits per heavy atom. The summed E-state index contributed by atoms with van der Waals surface area (Å²) in [7, 11) is 1.83. The third-order valence-electron chi connectivity index (χ3n) is 1.89. The largest absolute Gasteiger partial charge is 0.481 e. The first-order valence-electron chi connectivity index (χ1n) is 4.21. The van der Waals surface area contributed by atoms with Crippen LogP contribution in [0.25, 0.3) is 0 Å². The summed E-state index contributed by atoms with van der Waals surface area (Å²) in [5, 5.41) is 11.5. The highest BCUT2D eigenvalue weighted by Gasteiger charge is 2.02. The van der Waals surface area contributed by atoms with Crippen LogP contribution in [-0.2, 0) is 11.2 Å². The van der Waals surface area contributed by atoms with E-state index in [0.717, 1.165) is 11.3 Å². The van der Waals surface area contributed by atoms with Crippen LogP contribution in [0.1, 0.15) is 12.0 Å². The van der Waals surface area contributed by atoms with Crippen LogP contribution in [-0.4, -0.2) is 18.1 Å². The van der Waals surface area contributed by atoms with Crippen molar-refractivity contribution in [3.63, 3.8) is 0 Å². The zero-order chi connectivity index (χ0) is 9.68. The van der Waals surface area contributed by atoms with Crippen molar-refractivity contribution in [3.05, 3.63) is 29.8 Å². The van der Waals surface area contributed by atoms with E-state index in [4.69, 9.17) is 5.11 Å². The van der Waals surface area contributed by atoms with Crippen molar-refractivity contribution in [1.82, 2.24) is 0 Å². The number of hydrogen-bond donors (Lipinski definition) is 2. The standard InChI is InChI=1S/C10H13NO2/c1-11-9-5-3-2-4-8(9)6-7-10(12)13/h2-5,11H,6-7H2,1H3,(H,12,13). The number of aryl methyl sites for hydroxylation is 1. The number of carboxylic acid groups (broad SMARTS) is 1. The molecule has 13 heavy (non-hydrogen) atoms. The highest BCUT2D eigenvalue weighted by Crippen LogP contribution is 2.15. The number of carboxylic acids is 1. The van der Waals surface area contributed by atoms with Gasteiger partial charge in [0.15, 0.2) is 0 Å². The van der Waals surface area contributed by atoms with Crippen LogP contribution in [0, 0.1) is 0 Å². The van der Waals surface area contributed by atoms with Crippen molar-refractivity contribution in [1.29, 1.82) is 0 Å². The van der Waals surface area contributed by atoms with Gasteiger partial charge in [-0.25, -0.2) is 0 Å². The van der Waals surface area contributed by atoms with Crippen LogP contribution in [0.4, 0.5) is 5.69 Å². The molecular formula is C10H13NO2. The number of para-hydroxylation sites is 1. The van der Waals surface area contributed by atoms with Gasteiger partial charge in [-0.05, 0) is 18.1 Å².